The number of unbranched alkanes of at least 4 members (excludes halogenated alkanes) is 2. The van der Waals surface area contributed by atoms with Gasteiger partial charge in [-0.2, -0.15) is 21.0 Å². The van der Waals surface area contributed by atoms with Crippen LogP contribution in [0.2, 0.25) is 0 Å². The minimum atomic E-state index is -1.50. The zero-order valence-electron chi connectivity index (χ0n) is 59.2. The van der Waals surface area contributed by atoms with Crippen LogP contribution >= 0.6 is 70.4 Å². The van der Waals surface area contributed by atoms with E-state index in [1.54, 1.807) is 30.3 Å². The van der Waals surface area contributed by atoms with E-state index in [0.29, 0.717) is 52.7 Å². The van der Waals surface area contributed by atoms with E-state index >= 15 is 0 Å². The van der Waals surface area contributed by atoms with Crippen LogP contribution < -0.4 is 5.46 Å². The molecule has 12 rings (SSSR count). The highest BCUT2D eigenvalue weighted by molar-refractivity contribution is 14.1. The quantitative estimate of drug-likeness (QED) is 0.0435. The van der Waals surface area contributed by atoms with Crippen molar-refractivity contribution < 1.29 is 10.0 Å². The van der Waals surface area contributed by atoms with E-state index < -0.39 is 7.12 Å². The van der Waals surface area contributed by atoms with Gasteiger partial charge in [0.15, 0.2) is 5.69 Å². The lowest BCUT2D eigenvalue weighted by Gasteiger charge is -2.07. The summed E-state index contributed by atoms with van der Waals surface area (Å²) >= 11 is 12.4. The smallest absolute Gasteiger partial charge is 0.423 e. The average Bonchev–Trinajstić information content (AvgIpc) is 0.867. The first kappa shape index (κ1) is 83.9. The van der Waals surface area contributed by atoms with Gasteiger partial charge in [0.2, 0.25) is 0 Å². The summed E-state index contributed by atoms with van der Waals surface area (Å²) in [4.78, 5) is 3.48. The number of terminal acetylenes is 2. The van der Waals surface area contributed by atoms with Crippen LogP contribution in [0.1, 0.15) is 94.2 Å². The molecule has 12 heteroatoms. The summed E-state index contributed by atoms with van der Waals surface area (Å²) in [5, 5.41) is 53.0. The Hall–Kier alpha value is -12.4. The Labute approximate surface area is 681 Å². The van der Waals surface area contributed by atoms with E-state index in [2.05, 4.69) is 213 Å². The summed E-state index contributed by atoms with van der Waals surface area (Å²) in [5.74, 6) is 29.3. The second kappa shape index (κ2) is 47.9. The Morgan fingerprint density at radius 1 is 0.339 bits per heavy atom. The third kappa shape index (κ3) is 31.3. The van der Waals surface area contributed by atoms with Gasteiger partial charge < -0.3 is 10.0 Å². The molecule has 0 unspecified atom stereocenters. The van der Waals surface area contributed by atoms with Crippen LogP contribution in [0.15, 0.2) is 305 Å². The number of hydrogen-bond donors (Lipinski definition) is 2. The largest absolute Gasteiger partial charge is 0.488 e. The predicted molar refractivity (Wildman–Crippen MR) is 464 cm³/mol. The van der Waals surface area contributed by atoms with Gasteiger partial charge in [-0.25, -0.2) is 4.85 Å². The Kier molecular flexibility index (Phi) is 36.9. The highest BCUT2D eigenvalue weighted by Gasteiger charge is 2.10. The Balaban J connectivity index is 0.000000201. The van der Waals surface area contributed by atoms with Crippen molar-refractivity contribution in [2.24, 2.45) is 0 Å². The van der Waals surface area contributed by atoms with Gasteiger partial charge in [-0.05, 0) is 261 Å². The molecule has 0 spiro atoms. The SMILES string of the molecule is Brc1ccc(C#CCC#Cc2ccc(Br)cc2)cc1.Brc1ccc(I)cc1.C#CCC#C.N#Cc1cccc(-c2ccc(CCCCCc3ccc(-c4cccc(C#N)c4)cc3)cc2)c1.N#Cc1cccc(B(O)O)c1.[C-]#[N+]c1cccc(-c2ccc(C#CCC#Cc3ccc(-c4cccc(C#N)c4)cc3)cc2)c1. The molecule has 0 aromatic heterocycles. The molecule has 0 fully saturated rings. The molecule has 12 aromatic rings. The summed E-state index contributed by atoms with van der Waals surface area (Å²) in [6, 6.07) is 103. The molecule has 2 N–H and O–H groups in total. The van der Waals surface area contributed by atoms with E-state index in [1.165, 1.54) is 40.0 Å². The van der Waals surface area contributed by atoms with Gasteiger partial charge in [-0.3, -0.25) is 0 Å². The second-order valence-electron chi connectivity index (χ2n) is 23.6. The summed E-state index contributed by atoms with van der Waals surface area (Å²) in [7, 11) is -1.50. The average molecular weight is 1710 g/mol. The Morgan fingerprint density at radius 2 is 0.642 bits per heavy atom. The van der Waals surface area contributed by atoms with Gasteiger partial charge >= 0.3 is 7.12 Å². The number of benzene rings is 12. The zero-order chi connectivity index (χ0) is 77.6. The molecule has 0 aliphatic heterocycles. The van der Waals surface area contributed by atoms with E-state index in [9.17, 15) is 0 Å². The van der Waals surface area contributed by atoms with Crippen LogP contribution in [0.25, 0.3) is 49.4 Å². The van der Waals surface area contributed by atoms with Gasteiger partial charge in [0, 0.05) is 39.2 Å². The van der Waals surface area contributed by atoms with Crippen molar-refractivity contribution in [1.82, 2.24) is 0 Å². The van der Waals surface area contributed by atoms with E-state index in [-0.39, 0.29) is 0 Å². The Bertz CT molecular complexity index is 5240. The fraction of sp³-hybridized carbons (Fsp3) is 0.0825. The van der Waals surface area contributed by atoms with Crippen LogP contribution in [0, 0.1) is 128 Å². The molecule has 0 amide bonds. The van der Waals surface area contributed by atoms with Crippen molar-refractivity contribution in [3.8, 4) is 141 Å². The third-order valence-corrected chi connectivity index (χ3v) is 18.0. The number of aryl methyl sites for hydroxylation is 2. The van der Waals surface area contributed by atoms with Crippen molar-refractivity contribution in [1.29, 1.82) is 21.0 Å². The standard InChI is InChI=1S/C31H18N2.C31H26N2.C17H10Br2.C7H6BNO2.C6H4BrI.C5H4/c1-33-31-12-6-11-30(22-31)28-19-15-25(16-20-28)8-4-2-3-7-24-13-17-27(18-14-24)29-10-5-9-26(21-29)23-32;32-22-26-8-4-10-30(20-26)28-16-12-24(13-17-28)6-2-1-3-7-25-14-18-29(19-15-25)31-11-5-9-27(21-31)23-33;18-16-10-6-14(7-11-16)4-2-1-3-5-15-8-12-17(19)13-9-15;9-5-6-2-1-3-7(4-6)8(10)11;7-5-1-3-6(8)4-2-5;1-3-5-4-2/h5-6,9-22H,2H2;4-5,8-21H,1-3,6-7H2;6-13H,1H2;1-4,10-11H;1-4H;1-2H,5H2. The normalized spacial score (nSPS) is 9.31. The van der Waals surface area contributed by atoms with Gasteiger partial charge in [0.1, 0.15) is 0 Å². The molecule has 7 nitrogen and oxygen atoms in total. The summed E-state index contributed by atoms with van der Waals surface area (Å²) in [5.41, 5.74) is 18.7. The van der Waals surface area contributed by atoms with Crippen LogP contribution in [0.4, 0.5) is 5.69 Å². The van der Waals surface area contributed by atoms with Crippen molar-refractivity contribution in [2.45, 2.75) is 51.4 Å². The molecular formula is C97H68BBr3IN5O2. The Morgan fingerprint density at radius 3 is 0.954 bits per heavy atom. The van der Waals surface area contributed by atoms with E-state index in [4.69, 9.17) is 50.5 Å². The number of rotatable bonds is 11. The maximum absolute atomic E-state index is 9.08. The van der Waals surface area contributed by atoms with Gasteiger partial charge in [-0.1, -0.05) is 253 Å². The van der Waals surface area contributed by atoms with Crippen molar-refractivity contribution in [2.75, 3.05) is 0 Å². The van der Waals surface area contributed by atoms with Crippen LogP contribution in [0.5, 0.6) is 0 Å². The highest BCUT2D eigenvalue weighted by atomic mass is 127. The number of nitrogens with zero attached hydrogens (tertiary/aromatic N) is 5. The molecule has 0 bridgehead atoms. The van der Waals surface area contributed by atoms with Crippen LogP contribution in [-0.4, -0.2) is 17.2 Å². The predicted octanol–water partition coefficient (Wildman–Crippen LogP) is 22.9. The van der Waals surface area contributed by atoms with Crippen LogP contribution in [-0.2, 0) is 12.8 Å². The molecule has 0 aliphatic carbocycles. The zero-order valence-corrected chi connectivity index (χ0v) is 66.2. The number of halogens is 4. The molecule has 0 atom stereocenters. The van der Waals surface area contributed by atoms with Gasteiger partial charge in [0.25, 0.3) is 0 Å². The molecule has 524 valence electrons. The fourth-order valence-corrected chi connectivity index (χ4v) is 11.3. The second-order valence-corrected chi connectivity index (χ2v) is 27.5. The van der Waals surface area contributed by atoms with Crippen LogP contribution in [0.3, 0.4) is 0 Å². The summed E-state index contributed by atoms with van der Waals surface area (Å²) < 4.78 is 4.53. The highest BCUT2D eigenvalue weighted by Crippen LogP contribution is 2.27. The van der Waals surface area contributed by atoms with Crippen molar-refractivity contribution in [3.05, 3.63) is 375 Å². The first-order chi connectivity index (χ1) is 53.2. The first-order valence-electron chi connectivity index (χ1n) is 34.2. The molecule has 12 aromatic carbocycles. The van der Waals surface area contributed by atoms with E-state index in [0.717, 1.165) is 93.0 Å². The number of nitriles is 4. The molecule has 0 radical (unpaired) electrons. The molecule has 109 heavy (non-hydrogen) atoms. The topological polar surface area (TPSA) is 140 Å². The van der Waals surface area contributed by atoms with Crippen molar-refractivity contribution >= 4 is 88.6 Å². The van der Waals surface area contributed by atoms with Crippen molar-refractivity contribution in [3.63, 3.8) is 0 Å². The molecule has 0 saturated carbocycles. The fourth-order valence-electron chi connectivity index (χ4n) is 10.1. The minimum Gasteiger partial charge on any atom is -0.423 e. The van der Waals surface area contributed by atoms with E-state index in [1.807, 2.05) is 200 Å². The maximum Gasteiger partial charge on any atom is 0.488 e. The number of hydrogen-bond acceptors (Lipinski definition) is 6. The lowest BCUT2D eigenvalue weighted by molar-refractivity contribution is 0.425. The maximum atomic E-state index is 9.08. The summed E-state index contributed by atoms with van der Waals surface area (Å²) in [6.07, 6.45) is 16.8. The minimum absolute atomic E-state index is 0.337. The monoisotopic (exact) mass is 1710 g/mol. The first-order valence-corrected chi connectivity index (χ1v) is 37.6. The third-order valence-electron chi connectivity index (χ3n) is 15.7. The molecule has 0 saturated heterocycles. The summed E-state index contributed by atoms with van der Waals surface area (Å²) in [6.45, 7) is 7.15. The molecule has 0 aliphatic rings. The molecule has 0 heterocycles. The lowest BCUT2D eigenvalue weighted by atomic mass is 9.80. The van der Waals surface area contributed by atoms with Gasteiger partial charge in [0.05, 0.1) is 72.4 Å². The molecular weight excluding hydrogens is 1640 g/mol. The lowest BCUT2D eigenvalue weighted by Crippen LogP contribution is -2.29. The van der Waals surface area contributed by atoms with Gasteiger partial charge in [-0.15, -0.1) is 12.8 Å².